The maximum atomic E-state index is 13.2. The van der Waals surface area contributed by atoms with Crippen LogP contribution in [-0.2, 0) is 25.1 Å². The number of hydrogen-bond acceptors (Lipinski definition) is 3. The number of methoxy groups -OCH3 is 1. The van der Waals surface area contributed by atoms with Gasteiger partial charge in [0.15, 0.2) is 11.6 Å². The molecule has 0 spiro atoms. The van der Waals surface area contributed by atoms with Gasteiger partial charge in [-0.05, 0) is 34.5 Å². The van der Waals surface area contributed by atoms with Crippen LogP contribution in [0.3, 0.4) is 0 Å². The summed E-state index contributed by atoms with van der Waals surface area (Å²) in [6, 6.07) is 0.713. The van der Waals surface area contributed by atoms with Crippen molar-refractivity contribution in [2.45, 2.75) is 38.4 Å². The first-order chi connectivity index (χ1) is 14.1. The van der Waals surface area contributed by atoms with Crippen molar-refractivity contribution in [1.29, 1.82) is 0 Å². The van der Waals surface area contributed by atoms with Crippen molar-refractivity contribution in [1.82, 2.24) is 9.55 Å². The summed E-state index contributed by atoms with van der Waals surface area (Å²) in [5.41, 5.74) is -6.53. The van der Waals surface area contributed by atoms with E-state index in [9.17, 15) is 39.5 Å². The third-order valence-corrected chi connectivity index (χ3v) is 4.67. The molecular formula is C17H13BrF9N3O. The number of halogens is 10. The number of aromatic nitrogens is 2. The van der Waals surface area contributed by atoms with E-state index in [2.05, 4.69) is 25.9 Å². The van der Waals surface area contributed by atoms with Crippen molar-refractivity contribution in [2.24, 2.45) is 4.99 Å². The Kier molecular flexibility index (Phi) is 7.03. The van der Waals surface area contributed by atoms with E-state index in [4.69, 9.17) is 4.74 Å². The van der Waals surface area contributed by atoms with Gasteiger partial charge in [-0.3, -0.25) is 4.57 Å². The molecular weight excluding hydrogens is 513 g/mol. The molecule has 0 saturated carbocycles. The van der Waals surface area contributed by atoms with Crippen LogP contribution in [0, 0.1) is 0 Å². The average molecular weight is 526 g/mol. The SMILES string of the molecule is CCCn1c(OC)cc(C(F)(F)F)nc1=Nc1cc(C(F)(F)F)cc(C(F)(F)F)c1Br. The minimum atomic E-state index is -5.19. The second-order valence-corrected chi connectivity index (χ2v) is 6.89. The van der Waals surface area contributed by atoms with Gasteiger partial charge in [-0.25, -0.2) is 9.98 Å². The molecule has 2 aromatic rings. The molecule has 0 radical (unpaired) electrons. The van der Waals surface area contributed by atoms with E-state index >= 15 is 0 Å². The van der Waals surface area contributed by atoms with Gasteiger partial charge in [-0.15, -0.1) is 0 Å². The summed E-state index contributed by atoms with van der Waals surface area (Å²) in [4.78, 5) is 6.91. The molecule has 0 saturated heterocycles. The monoisotopic (exact) mass is 525 g/mol. The second kappa shape index (κ2) is 8.71. The molecule has 0 bridgehead atoms. The quantitative estimate of drug-likeness (QED) is 0.436. The lowest BCUT2D eigenvalue weighted by molar-refractivity contribution is -0.143. The molecule has 0 atom stereocenters. The van der Waals surface area contributed by atoms with Crippen molar-refractivity contribution in [3.8, 4) is 5.88 Å². The molecule has 0 N–H and O–H groups in total. The highest BCUT2D eigenvalue weighted by atomic mass is 79.9. The van der Waals surface area contributed by atoms with E-state index in [1.807, 2.05) is 0 Å². The Bertz CT molecular complexity index is 1020. The van der Waals surface area contributed by atoms with E-state index in [-0.39, 0.29) is 24.6 Å². The lowest BCUT2D eigenvalue weighted by Gasteiger charge is -2.17. The van der Waals surface area contributed by atoms with Crippen molar-refractivity contribution in [3.63, 3.8) is 0 Å². The number of benzene rings is 1. The average Bonchev–Trinajstić information content (AvgIpc) is 2.61. The van der Waals surface area contributed by atoms with Gasteiger partial charge in [0, 0.05) is 12.6 Å². The lowest BCUT2D eigenvalue weighted by atomic mass is 10.1. The molecule has 1 aromatic heterocycles. The van der Waals surface area contributed by atoms with Crippen LogP contribution in [0.2, 0.25) is 0 Å². The van der Waals surface area contributed by atoms with Crippen LogP contribution in [-0.4, -0.2) is 16.7 Å². The van der Waals surface area contributed by atoms with E-state index in [0.29, 0.717) is 12.5 Å². The summed E-state index contributed by atoms with van der Waals surface area (Å²) in [5.74, 6) is -0.373. The number of nitrogens with zero attached hydrogens (tertiary/aromatic N) is 3. The van der Waals surface area contributed by atoms with Crippen LogP contribution in [0.15, 0.2) is 27.7 Å². The summed E-state index contributed by atoms with van der Waals surface area (Å²) in [7, 11) is 1.05. The topological polar surface area (TPSA) is 39.4 Å². The van der Waals surface area contributed by atoms with Gasteiger partial charge in [0.2, 0.25) is 5.62 Å². The number of rotatable bonds is 4. The predicted octanol–water partition coefficient (Wildman–Crippen LogP) is 6.35. The summed E-state index contributed by atoms with van der Waals surface area (Å²) < 4.78 is 124. The molecule has 0 aliphatic heterocycles. The Balaban J connectivity index is 2.96. The molecule has 0 fully saturated rings. The Morgan fingerprint density at radius 3 is 2.03 bits per heavy atom. The maximum Gasteiger partial charge on any atom is 0.433 e. The largest absolute Gasteiger partial charge is 0.482 e. The first kappa shape index (κ1) is 25.0. The summed E-state index contributed by atoms with van der Waals surface area (Å²) in [6.45, 7) is 1.62. The fraction of sp³-hybridized carbons (Fsp3) is 0.412. The lowest BCUT2D eigenvalue weighted by Crippen LogP contribution is -2.29. The first-order valence-electron chi connectivity index (χ1n) is 8.35. The molecule has 31 heavy (non-hydrogen) atoms. The van der Waals surface area contributed by atoms with E-state index in [1.165, 1.54) is 0 Å². The van der Waals surface area contributed by atoms with Crippen LogP contribution in [0.25, 0.3) is 0 Å². The molecule has 1 heterocycles. The maximum absolute atomic E-state index is 13.2. The van der Waals surface area contributed by atoms with Gasteiger partial charge < -0.3 is 4.74 Å². The van der Waals surface area contributed by atoms with Crippen LogP contribution >= 0.6 is 15.9 Å². The Morgan fingerprint density at radius 1 is 0.968 bits per heavy atom. The van der Waals surface area contributed by atoms with Gasteiger partial charge in [0.05, 0.1) is 28.4 Å². The van der Waals surface area contributed by atoms with Crippen LogP contribution in [0.4, 0.5) is 45.2 Å². The second-order valence-electron chi connectivity index (χ2n) is 6.10. The highest BCUT2D eigenvalue weighted by molar-refractivity contribution is 9.10. The zero-order valence-electron chi connectivity index (χ0n) is 15.7. The molecule has 0 amide bonds. The summed E-state index contributed by atoms with van der Waals surface area (Å²) in [6.07, 6.45) is -15.0. The van der Waals surface area contributed by atoms with Crippen molar-refractivity contribution in [3.05, 3.63) is 45.1 Å². The van der Waals surface area contributed by atoms with Gasteiger partial charge in [-0.2, -0.15) is 39.5 Å². The molecule has 14 heteroatoms. The van der Waals surface area contributed by atoms with Gasteiger partial charge in [-0.1, -0.05) is 6.92 Å². The highest BCUT2D eigenvalue weighted by Gasteiger charge is 2.39. The molecule has 0 aliphatic rings. The number of hydrogen-bond donors (Lipinski definition) is 0. The Morgan fingerprint density at radius 2 is 1.58 bits per heavy atom. The van der Waals surface area contributed by atoms with Crippen molar-refractivity contribution in [2.75, 3.05) is 7.11 Å². The summed E-state index contributed by atoms with van der Waals surface area (Å²) in [5, 5.41) is 0. The predicted molar refractivity (Wildman–Crippen MR) is 93.4 cm³/mol. The van der Waals surface area contributed by atoms with E-state index < -0.39 is 51.1 Å². The molecule has 0 aliphatic carbocycles. The first-order valence-corrected chi connectivity index (χ1v) is 9.14. The normalized spacial score (nSPS) is 13.6. The number of alkyl halides is 9. The van der Waals surface area contributed by atoms with Crippen LogP contribution in [0.5, 0.6) is 5.88 Å². The molecule has 1 aromatic carbocycles. The minimum Gasteiger partial charge on any atom is -0.482 e. The van der Waals surface area contributed by atoms with Crippen molar-refractivity contribution < 1.29 is 44.3 Å². The van der Waals surface area contributed by atoms with Crippen LogP contribution < -0.4 is 10.4 Å². The molecule has 2 rings (SSSR count). The zero-order valence-corrected chi connectivity index (χ0v) is 17.3. The molecule has 0 unspecified atom stereocenters. The highest BCUT2D eigenvalue weighted by Crippen LogP contribution is 2.43. The number of ether oxygens (including phenoxy) is 1. The van der Waals surface area contributed by atoms with Gasteiger partial charge in [0.1, 0.15) is 0 Å². The Labute approximate surface area is 177 Å². The fourth-order valence-corrected chi connectivity index (χ4v) is 3.04. The standard InChI is InChI=1S/C17H13BrF9N3O/c1-3-4-30-12(31-2)7-11(17(25,26)27)29-14(30)28-10-6-8(15(19,20)21)5-9(13(10)18)16(22,23)24/h5-7H,3-4H2,1-2H3. The van der Waals surface area contributed by atoms with E-state index in [0.717, 1.165) is 11.7 Å². The zero-order chi connectivity index (χ0) is 23.8. The van der Waals surface area contributed by atoms with Gasteiger partial charge >= 0.3 is 18.5 Å². The third-order valence-electron chi connectivity index (χ3n) is 3.84. The molecule has 4 nitrogen and oxygen atoms in total. The minimum absolute atomic E-state index is 0.0180. The van der Waals surface area contributed by atoms with Crippen molar-refractivity contribution >= 4 is 21.6 Å². The summed E-state index contributed by atoms with van der Waals surface area (Å²) >= 11 is 2.56. The Hall–Kier alpha value is -2.25. The van der Waals surface area contributed by atoms with Crippen LogP contribution in [0.1, 0.15) is 30.2 Å². The van der Waals surface area contributed by atoms with Gasteiger partial charge in [0.25, 0.3) is 0 Å². The molecule has 172 valence electrons. The smallest absolute Gasteiger partial charge is 0.433 e. The van der Waals surface area contributed by atoms with E-state index in [1.54, 1.807) is 6.92 Å². The fourth-order valence-electron chi connectivity index (χ4n) is 2.50. The third kappa shape index (κ3) is 5.71.